The molecule has 5 unspecified atom stereocenters. The molecule has 2 rings (SSSR count). The van der Waals surface area contributed by atoms with Crippen LogP contribution in [0.3, 0.4) is 0 Å². The predicted octanol–water partition coefficient (Wildman–Crippen LogP) is 2.94. The predicted molar refractivity (Wildman–Crippen MR) is 91.0 cm³/mol. The van der Waals surface area contributed by atoms with E-state index in [1.165, 1.54) is 7.11 Å². The lowest BCUT2D eigenvalue weighted by Crippen LogP contribution is -2.34. The largest absolute Gasteiger partial charge is 0.469 e. The molecule has 1 heterocycles. The van der Waals surface area contributed by atoms with Gasteiger partial charge in [-0.25, -0.2) is 0 Å². The zero-order valence-corrected chi connectivity index (χ0v) is 15.8. The van der Waals surface area contributed by atoms with Gasteiger partial charge in [0.05, 0.1) is 19.3 Å². The first-order chi connectivity index (χ1) is 10.6. The highest BCUT2D eigenvalue weighted by Gasteiger charge is 2.43. The first kappa shape index (κ1) is 18.4. The van der Waals surface area contributed by atoms with E-state index in [0.717, 1.165) is 32.1 Å². The van der Waals surface area contributed by atoms with Crippen molar-refractivity contribution in [2.45, 2.75) is 60.9 Å². The summed E-state index contributed by atoms with van der Waals surface area (Å²) in [5.41, 5.74) is 0. The van der Waals surface area contributed by atoms with Crippen LogP contribution in [-0.4, -0.2) is 49.7 Å². The molecular weight excluding hydrogens is 399 g/mol. The van der Waals surface area contributed by atoms with Crippen molar-refractivity contribution < 1.29 is 23.7 Å². The molecule has 128 valence electrons. The van der Waals surface area contributed by atoms with Crippen molar-refractivity contribution in [1.29, 1.82) is 0 Å². The maximum absolute atomic E-state index is 11.3. The highest BCUT2D eigenvalue weighted by molar-refractivity contribution is 14.1. The number of carbonyl (C=O) groups is 1. The van der Waals surface area contributed by atoms with Gasteiger partial charge in [0, 0.05) is 30.5 Å². The molecule has 1 saturated heterocycles. The average molecular weight is 426 g/mol. The van der Waals surface area contributed by atoms with Crippen molar-refractivity contribution >= 4 is 28.6 Å². The van der Waals surface area contributed by atoms with Crippen molar-refractivity contribution in [2.24, 2.45) is 11.8 Å². The van der Waals surface area contributed by atoms with E-state index in [1.54, 1.807) is 14.2 Å². The number of carbonyl (C=O) groups excluding carboxylic acids is 1. The van der Waals surface area contributed by atoms with Crippen LogP contribution >= 0.6 is 22.6 Å². The molecule has 2 aliphatic rings. The zero-order valence-electron chi connectivity index (χ0n) is 13.6. The van der Waals surface area contributed by atoms with Gasteiger partial charge >= 0.3 is 5.97 Å². The van der Waals surface area contributed by atoms with Crippen molar-refractivity contribution in [3.05, 3.63) is 0 Å². The lowest BCUT2D eigenvalue weighted by molar-refractivity contribution is -0.152. The number of ether oxygens (including phenoxy) is 4. The zero-order chi connectivity index (χ0) is 16.1. The minimum absolute atomic E-state index is 0.102. The van der Waals surface area contributed by atoms with Crippen LogP contribution in [0.25, 0.3) is 0 Å². The Morgan fingerprint density at radius 1 is 1.23 bits per heavy atom. The molecule has 6 heteroatoms. The molecule has 0 spiro atoms. The van der Waals surface area contributed by atoms with Crippen molar-refractivity contribution in [3.8, 4) is 0 Å². The van der Waals surface area contributed by atoms with E-state index in [9.17, 15) is 4.79 Å². The molecule has 1 aliphatic heterocycles. The van der Waals surface area contributed by atoms with Gasteiger partial charge in [-0.15, -0.1) is 0 Å². The van der Waals surface area contributed by atoms with Gasteiger partial charge in [0.1, 0.15) is 0 Å². The molecule has 5 atom stereocenters. The number of rotatable bonds is 7. The van der Waals surface area contributed by atoms with Gasteiger partial charge in [0.25, 0.3) is 0 Å². The van der Waals surface area contributed by atoms with Crippen molar-refractivity contribution in [2.75, 3.05) is 21.3 Å². The number of hydrogen-bond donors (Lipinski definition) is 0. The Morgan fingerprint density at radius 3 is 2.59 bits per heavy atom. The maximum atomic E-state index is 11.3. The maximum Gasteiger partial charge on any atom is 0.305 e. The highest BCUT2D eigenvalue weighted by atomic mass is 127. The van der Waals surface area contributed by atoms with Crippen LogP contribution in [-0.2, 0) is 23.7 Å². The molecule has 0 aromatic heterocycles. The summed E-state index contributed by atoms with van der Waals surface area (Å²) in [5, 5.41) is 0. The third kappa shape index (κ3) is 4.55. The second-order valence-electron chi connectivity index (χ2n) is 6.25. The van der Waals surface area contributed by atoms with E-state index < -0.39 is 0 Å². The van der Waals surface area contributed by atoms with Crippen LogP contribution in [0.1, 0.15) is 38.5 Å². The van der Waals surface area contributed by atoms with E-state index in [0.29, 0.717) is 28.3 Å². The second-order valence-corrected chi connectivity index (χ2v) is 7.85. The lowest BCUT2D eigenvalue weighted by Gasteiger charge is -2.34. The standard InChI is InChI=1S/C16H27IO5/c1-19-15(18)7-5-12(17)14-9-11-8-10(16(20-2)21-3)4-6-13(11)22-14/h10-14,16H,4-9H2,1-3H3. The van der Waals surface area contributed by atoms with Gasteiger partial charge in [-0.3, -0.25) is 4.79 Å². The summed E-state index contributed by atoms with van der Waals surface area (Å²) in [7, 11) is 4.86. The summed E-state index contributed by atoms with van der Waals surface area (Å²) in [6.07, 6.45) is 6.16. The summed E-state index contributed by atoms with van der Waals surface area (Å²) >= 11 is 2.42. The average Bonchev–Trinajstić information content (AvgIpc) is 2.96. The first-order valence-electron chi connectivity index (χ1n) is 8.01. The van der Waals surface area contributed by atoms with Crippen molar-refractivity contribution in [3.63, 3.8) is 0 Å². The van der Waals surface area contributed by atoms with Gasteiger partial charge < -0.3 is 18.9 Å². The molecule has 2 fully saturated rings. The Balaban J connectivity index is 1.82. The molecule has 0 bridgehead atoms. The summed E-state index contributed by atoms with van der Waals surface area (Å²) < 4.78 is 22.2. The van der Waals surface area contributed by atoms with Gasteiger partial charge in [-0.2, -0.15) is 0 Å². The topological polar surface area (TPSA) is 54.0 Å². The Morgan fingerprint density at radius 2 is 1.95 bits per heavy atom. The number of esters is 1. The third-order valence-corrected chi connectivity index (χ3v) is 6.37. The molecule has 0 N–H and O–H groups in total. The fourth-order valence-electron chi connectivity index (χ4n) is 3.78. The van der Waals surface area contributed by atoms with Gasteiger partial charge in [-0.05, 0) is 38.0 Å². The molecule has 1 aliphatic carbocycles. The number of alkyl halides is 1. The molecule has 0 radical (unpaired) electrons. The van der Waals surface area contributed by atoms with Crippen LogP contribution < -0.4 is 0 Å². The monoisotopic (exact) mass is 426 g/mol. The van der Waals surface area contributed by atoms with Crippen LogP contribution in [0.15, 0.2) is 0 Å². The summed E-state index contributed by atoms with van der Waals surface area (Å²) in [5.74, 6) is 0.911. The third-order valence-electron chi connectivity index (χ3n) is 4.94. The Kier molecular flexibility index (Phi) is 7.37. The van der Waals surface area contributed by atoms with Gasteiger partial charge in [0.2, 0.25) is 0 Å². The summed E-state index contributed by atoms with van der Waals surface area (Å²) in [6, 6.07) is 0. The van der Waals surface area contributed by atoms with E-state index in [1.807, 2.05) is 0 Å². The lowest BCUT2D eigenvalue weighted by atomic mass is 9.78. The van der Waals surface area contributed by atoms with E-state index >= 15 is 0 Å². The molecule has 0 aromatic carbocycles. The molecule has 0 amide bonds. The van der Waals surface area contributed by atoms with Crippen LogP contribution in [0.4, 0.5) is 0 Å². The van der Waals surface area contributed by atoms with Crippen LogP contribution in [0.2, 0.25) is 0 Å². The van der Waals surface area contributed by atoms with Crippen LogP contribution in [0.5, 0.6) is 0 Å². The Bertz CT molecular complexity index is 360. The normalized spacial score (nSPS) is 32.8. The fraction of sp³-hybridized carbons (Fsp3) is 0.938. The number of halogens is 1. The smallest absolute Gasteiger partial charge is 0.305 e. The van der Waals surface area contributed by atoms with E-state index in [4.69, 9.17) is 18.9 Å². The molecule has 22 heavy (non-hydrogen) atoms. The molecule has 5 nitrogen and oxygen atoms in total. The minimum atomic E-state index is -0.139. The van der Waals surface area contributed by atoms with Crippen molar-refractivity contribution in [1.82, 2.24) is 0 Å². The fourth-order valence-corrected chi connectivity index (χ4v) is 4.56. The Hall–Kier alpha value is 0.0800. The quantitative estimate of drug-likeness (QED) is 0.271. The molecular formula is C16H27IO5. The minimum Gasteiger partial charge on any atom is -0.469 e. The Labute approximate surface area is 146 Å². The summed E-state index contributed by atoms with van der Waals surface area (Å²) in [6.45, 7) is 0. The number of fused-ring (bicyclic) bond motifs is 1. The summed E-state index contributed by atoms with van der Waals surface area (Å²) in [4.78, 5) is 11.3. The first-order valence-corrected chi connectivity index (χ1v) is 9.25. The second kappa shape index (κ2) is 8.80. The van der Waals surface area contributed by atoms with Gasteiger partial charge in [0.15, 0.2) is 6.29 Å². The number of hydrogen-bond acceptors (Lipinski definition) is 5. The SMILES string of the molecule is COC(=O)CCC(I)C1CC2CC(C(OC)OC)CCC2O1. The van der Waals surface area contributed by atoms with E-state index in [2.05, 4.69) is 22.6 Å². The molecule has 1 saturated carbocycles. The van der Waals surface area contributed by atoms with E-state index in [-0.39, 0.29) is 18.4 Å². The number of methoxy groups -OCH3 is 3. The molecule has 0 aromatic rings. The van der Waals surface area contributed by atoms with Crippen LogP contribution in [0, 0.1) is 11.8 Å². The highest BCUT2D eigenvalue weighted by Crippen LogP contribution is 2.43. The van der Waals surface area contributed by atoms with Gasteiger partial charge in [-0.1, -0.05) is 22.6 Å².